The number of hydrogen-bond donors (Lipinski definition) is 0. The molecule has 0 bridgehead atoms. The third-order valence-corrected chi connectivity index (χ3v) is 5.13. The van der Waals surface area contributed by atoms with Gasteiger partial charge in [-0.15, -0.1) is 0 Å². The number of halogens is 1. The Bertz CT molecular complexity index is 835. The monoisotopic (exact) mass is 370 g/mol. The van der Waals surface area contributed by atoms with Gasteiger partial charge in [0.05, 0.1) is 0 Å². The van der Waals surface area contributed by atoms with E-state index in [4.69, 9.17) is 11.6 Å². The van der Waals surface area contributed by atoms with E-state index in [1.54, 1.807) is 29.2 Å². The zero-order chi connectivity index (χ0) is 18.7. The molecule has 1 aliphatic heterocycles. The van der Waals surface area contributed by atoms with E-state index in [9.17, 15) is 9.59 Å². The summed E-state index contributed by atoms with van der Waals surface area (Å²) in [5, 5.41) is 0.553. The van der Waals surface area contributed by atoms with Crippen LogP contribution in [0.25, 0.3) is 0 Å². The minimum absolute atomic E-state index is 0.0326. The van der Waals surface area contributed by atoms with Crippen LogP contribution in [0.3, 0.4) is 0 Å². The number of rotatable bonds is 2. The molecular weight excluding hydrogens is 348 g/mol. The number of carbonyl (C=O) groups excluding carboxylic acids is 2. The van der Waals surface area contributed by atoms with Crippen LogP contribution in [-0.4, -0.2) is 47.8 Å². The van der Waals surface area contributed by atoms with Gasteiger partial charge in [0.1, 0.15) is 0 Å². The summed E-state index contributed by atoms with van der Waals surface area (Å²) in [6, 6.07) is 12.8. The molecule has 0 N–H and O–H groups in total. The van der Waals surface area contributed by atoms with E-state index in [2.05, 4.69) is 0 Å². The van der Waals surface area contributed by atoms with Gasteiger partial charge in [0.2, 0.25) is 0 Å². The maximum absolute atomic E-state index is 12.8. The fourth-order valence-electron chi connectivity index (χ4n) is 3.18. The van der Waals surface area contributed by atoms with Crippen LogP contribution < -0.4 is 0 Å². The molecule has 0 aliphatic carbocycles. The number of carbonyl (C=O) groups is 2. The number of hydrogen-bond acceptors (Lipinski definition) is 2. The molecule has 1 fully saturated rings. The summed E-state index contributed by atoms with van der Waals surface area (Å²) in [4.78, 5) is 29.2. The molecule has 0 aromatic heterocycles. The van der Waals surface area contributed by atoms with E-state index in [1.165, 1.54) is 5.56 Å². The fourth-order valence-corrected chi connectivity index (χ4v) is 3.38. The van der Waals surface area contributed by atoms with Gasteiger partial charge in [-0.1, -0.05) is 23.7 Å². The number of nitrogens with zero attached hydrogens (tertiary/aromatic N) is 2. The van der Waals surface area contributed by atoms with Crippen LogP contribution in [0.1, 0.15) is 38.3 Å². The van der Waals surface area contributed by atoms with Crippen molar-refractivity contribution in [3.63, 3.8) is 0 Å². The number of amides is 2. The normalized spacial score (nSPS) is 14.9. The van der Waals surface area contributed by atoms with Crippen LogP contribution in [0, 0.1) is 13.8 Å². The summed E-state index contributed by atoms with van der Waals surface area (Å²) in [5.41, 5.74) is 3.59. The van der Waals surface area contributed by atoms with Gasteiger partial charge in [0.25, 0.3) is 11.8 Å². The fraction of sp³-hybridized carbons (Fsp3) is 0.333. The Morgan fingerprint density at radius 2 is 1.42 bits per heavy atom. The first kappa shape index (κ1) is 18.5. The van der Waals surface area contributed by atoms with Crippen molar-refractivity contribution in [3.05, 3.63) is 69.7 Å². The Kier molecular flexibility index (Phi) is 5.62. The van der Waals surface area contributed by atoms with Crippen LogP contribution >= 0.6 is 11.6 Å². The Morgan fingerprint density at radius 3 is 2.00 bits per heavy atom. The van der Waals surface area contributed by atoms with Gasteiger partial charge in [-0.25, -0.2) is 0 Å². The SMILES string of the molecule is Cc1ccc(C(=O)N2CCCN(C(=O)c3cccc(Cl)c3)CC2)cc1C. The van der Waals surface area contributed by atoms with Crippen LogP contribution in [0.4, 0.5) is 0 Å². The van der Waals surface area contributed by atoms with E-state index in [0.29, 0.717) is 42.3 Å². The molecule has 0 unspecified atom stereocenters. The van der Waals surface area contributed by atoms with Gasteiger partial charge < -0.3 is 9.80 Å². The summed E-state index contributed by atoms with van der Waals surface area (Å²) in [6.07, 6.45) is 0.767. The summed E-state index contributed by atoms with van der Waals surface area (Å²) in [7, 11) is 0. The van der Waals surface area contributed by atoms with Gasteiger partial charge in [-0.2, -0.15) is 0 Å². The van der Waals surface area contributed by atoms with Gasteiger partial charge in [0.15, 0.2) is 0 Å². The van der Waals surface area contributed by atoms with Gasteiger partial charge >= 0.3 is 0 Å². The lowest BCUT2D eigenvalue weighted by molar-refractivity contribution is 0.0718. The average molecular weight is 371 g/mol. The van der Waals surface area contributed by atoms with E-state index < -0.39 is 0 Å². The van der Waals surface area contributed by atoms with Crippen molar-refractivity contribution in [2.24, 2.45) is 0 Å². The Balaban J connectivity index is 1.68. The second-order valence-corrected chi connectivity index (χ2v) is 7.18. The highest BCUT2D eigenvalue weighted by Crippen LogP contribution is 2.16. The second kappa shape index (κ2) is 7.92. The lowest BCUT2D eigenvalue weighted by atomic mass is 10.1. The second-order valence-electron chi connectivity index (χ2n) is 6.75. The van der Waals surface area contributed by atoms with Crippen molar-refractivity contribution < 1.29 is 9.59 Å². The first-order valence-electron chi connectivity index (χ1n) is 8.87. The Labute approximate surface area is 159 Å². The molecular formula is C21H23ClN2O2. The van der Waals surface area contributed by atoms with Crippen LogP contribution in [0.5, 0.6) is 0 Å². The predicted molar refractivity (Wildman–Crippen MR) is 104 cm³/mol. The predicted octanol–water partition coefficient (Wildman–Crippen LogP) is 3.95. The smallest absolute Gasteiger partial charge is 0.253 e. The summed E-state index contributed by atoms with van der Waals surface area (Å²) < 4.78 is 0. The van der Waals surface area contributed by atoms with Crippen molar-refractivity contribution in [2.75, 3.05) is 26.2 Å². The standard InChI is InChI=1S/C21H23ClN2O2/c1-15-7-8-18(13-16(15)2)21(26)24-10-4-9-23(11-12-24)20(25)17-5-3-6-19(22)14-17/h3,5-8,13-14H,4,9-12H2,1-2H3. The highest BCUT2D eigenvalue weighted by atomic mass is 35.5. The first-order valence-corrected chi connectivity index (χ1v) is 9.25. The molecule has 0 radical (unpaired) electrons. The maximum Gasteiger partial charge on any atom is 0.253 e. The lowest BCUT2D eigenvalue weighted by Crippen LogP contribution is -2.37. The van der Waals surface area contributed by atoms with E-state index in [0.717, 1.165) is 12.0 Å². The van der Waals surface area contributed by atoms with E-state index in [1.807, 2.05) is 36.9 Å². The molecule has 1 heterocycles. The van der Waals surface area contributed by atoms with Gasteiger partial charge in [0, 0.05) is 42.3 Å². The van der Waals surface area contributed by atoms with Crippen LogP contribution in [-0.2, 0) is 0 Å². The van der Waals surface area contributed by atoms with Gasteiger partial charge in [-0.05, 0) is 61.7 Å². The molecule has 1 saturated heterocycles. The molecule has 4 nitrogen and oxygen atoms in total. The zero-order valence-corrected chi connectivity index (χ0v) is 15.9. The third kappa shape index (κ3) is 4.07. The molecule has 5 heteroatoms. The van der Waals surface area contributed by atoms with Crippen LogP contribution in [0.15, 0.2) is 42.5 Å². The minimum atomic E-state index is -0.0343. The molecule has 2 aromatic rings. The highest BCUT2D eigenvalue weighted by molar-refractivity contribution is 6.30. The molecule has 1 aliphatic rings. The van der Waals surface area contributed by atoms with E-state index >= 15 is 0 Å². The largest absolute Gasteiger partial charge is 0.337 e. The summed E-state index contributed by atoms with van der Waals surface area (Å²) >= 11 is 5.99. The Morgan fingerprint density at radius 1 is 0.808 bits per heavy atom. The van der Waals surface area contributed by atoms with Crippen molar-refractivity contribution >= 4 is 23.4 Å². The average Bonchev–Trinajstić information content (AvgIpc) is 2.89. The molecule has 2 amide bonds. The summed E-state index contributed by atoms with van der Waals surface area (Å²) in [5.74, 6) is -0.00173. The molecule has 2 aromatic carbocycles. The van der Waals surface area contributed by atoms with Crippen molar-refractivity contribution in [1.82, 2.24) is 9.80 Å². The van der Waals surface area contributed by atoms with Crippen molar-refractivity contribution in [1.29, 1.82) is 0 Å². The van der Waals surface area contributed by atoms with Gasteiger partial charge in [-0.3, -0.25) is 9.59 Å². The third-order valence-electron chi connectivity index (χ3n) is 4.90. The molecule has 136 valence electrons. The Hall–Kier alpha value is -2.33. The highest BCUT2D eigenvalue weighted by Gasteiger charge is 2.23. The molecule has 0 saturated carbocycles. The first-order chi connectivity index (χ1) is 12.5. The molecule has 3 rings (SSSR count). The maximum atomic E-state index is 12.8. The van der Waals surface area contributed by atoms with Crippen LogP contribution in [0.2, 0.25) is 5.02 Å². The zero-order valence-electron chi connectivity index (χ0n) is 15.2. The lowest BCUT2D eigenvalue weighted by Gasteiger charge is -2.22. The number of aryl methyl sites for hydroxylation is 2. The molecule has 0 spiro atoms. The topological polar surface area (TPSA) is 40.6 Å². The van der Waals surface area contributed by atoms with Crippen molar-refractivity contribution in [3.8, 4) is 0 Å². The molecule has 26 heavy (non-hydrogen) atoms. The number of benzene rings is 2. The quantitative estimate of drug-likeness (QED) is 0.803. The van der Waals surface area contributed by atoms with E-state index in [-0.39, 0.29) is 11.8 Å². The van der Waals surface area contributed by atoms with Crippen molar-refractivity contribution in [2.45, 2.75) is 20.3 Å². The molecule has 0 atom stereocenters. The minimum Gasteiger partial charge on any atom is -0.337 e. The summed E-state index contributed by atoms with van der Waals surface area (Å²) in [6.45, 7) is 6.42.